The molecule has 0 bridgehead atoms. The summed E-state index contributed by atoms with van der Waals surface area (Å²) in [6.45, 7) is 19.8. The third kappa shape index (κ3) is 4.28. The van der Waals surface area contributed by atoms with Gasteiger partial charge < -0.3 is 10.2 Å². The summed E-state index contributed by atoms with van der Waals surface area (Å²) >= 11 is 7.22. The van der Waals surface area contributed by atoms with Gasteiger partial charge in [0, 0.05) is 34.8 Å². The quantitative estimate of drug-likeness (QED) is 0.177. The normalized spacial score (nSPS) is 42.7. The van der Waals surface area contributed by atoms with Gasteiger partial charge >= 0.3 is 5.97 Å². The van der Waals surface area contributed by atoms with Crippen molar-refractivity contribution >= 4 is 29.1 Å². The SMILES string of the molecule is CCC(=O)c1cccc(C23CC[C@]4(C)[C@H](CC[C@@H]5C6=CC(C)(C)CC[C@]6(C(=O)O)CC[C@]54C)[C@@]2(C)CC[C@@](O)(Cl)C3(C)C)c1C(=O)CC. The van der Waals surface area contributed by atoms with Crippen molar-refractivity contribution in [2.24, 2.45) is 44.3 Å². The number of hydrogen-bond donors (Lipinski definition) is 2. The highest BCUT2D eigenvalue weighted by molar-refractivity contribution is 6.23. The average molecular weight is 679 g/mol. The second-order valence-corrected chi connectivity index (χ2v) is 19.1. The molecule has 1 aromatic rings. The maximum Gasteiger partial charge on any atom is 0.313 e. The third-order valence-electron chi connectivity index (χ3n) is 16.2. The number of aliphatic hydroxyl groups is 1. The number of allylic oxidation sites excluding steroid dienone is 1. The van der Waals surface area contributed by atoms with Gasteiger partial charge in [-0.05, 0) is 103 Å². The summed E-state index contributed by atoms with van der Waals surface area (Å²) < 4.78 is 0. The van der Waals surface area contributed by atoms with Crippen LogP contribution >= 0.6 is 11.6 Å². The van der Waals surface area contributed by atoms with E-state index >= 15 is 0 Å². The summed E-state index contributed by atoms with van der Waals surface area (Å²) in [6.07, 6.45) is 10.7. The fourth-order valence-corrected chi connectivity index (χ4v) is 13.4. The number of carboxylic acids is 1. The Morgan fingerprint density at radius 3 is 2.00 bits per heavy atom. The molecule has 0 spiro atoms. The Morgan fingerprint density at radius 2 is 1.38 bits per heavy atom. The summed E-state index contributed by atoms with van der Waals surface area (Å²) in [5.41, 5.74) is 0.221. The molecule has 48 heavy (non-hydrogen) atoms. The minimum atomic E-state index is -1.50. The molecule has 8 atom stereocenters. The van der Waals surface area contributed by atoms with Crippen LogP contribution < -0.4 is 0 Å². The maximum atomic E-state index is 14.0. The van der Waals surface area contributed by atoms with Crippen LogP contribution in [0.4, 0.5) is 0 Å². The molecule has 1 unspecified atom stereocenters. The average Bonchev–Trinajstić information content (AvgIpc) is 3.02. The van der Waals surface area contributed by atoms with Crippen molar-refractivity contribution in [1.82, 2.24) is 0 Å². The molecule has 5 aliphatic carbocycles. The van der Waals surface area contributed by atoms with Crippen LogP contribution in [0.5, 0.6) is 0 Å². The minimum Gasteiger partial charge on any atom is -0.481 e. The molecule has 5 nitrogen and oxygen atoms in total. The van der Waals surface area contributed by atoms with Gasteiger partial charge in [0.25, 0.3) is 0 Å². The Labute approximate surface area is 293 Å². The highest BCUT2D eigenvalue weighted by Crippen LogP contribution is 2.80. The van der Waals surface area contributed by atoms with Crippen LogP contribution in [0.2, 0.25) is 0 Å². The summed E-state index contributed by atoms with van der Waals surface area (Å²) in [6, 6.07) is 5.82. The van der Waals surface area contributed by atoms with Crippen LogP contribution in [0.1, 0.15) is 166 Å². The number of carboxylic acid groups (broad SMARTS) is 1. The minimum absolute atomic E-state index is 0.0284. The van der Waals surface area contributed by atoms with E-state index in [2.05, 4.69) is 60.6 Å². The van der Waals surface area contributed by atoms with Crippen molar-refractivity contribution < 1.29 is 24.6 Å². The monoisotopic (exact) mass is 678 g/mol. The topological polar surface area (TPSA) is 91.7 Å². The number of carbonyl (C=O) groups excluding carboxylic acids is 2. The highest BCUT2D eigenvalue weighted by atomic mass is 35.5. The van der Waals surface area contributed by atoms with Crippen LogP contribution in [0.15, 0.2) is 29.8 Å². The number of carbonyl (C=O) groups is 3. The zero-order valence-corrected chi connectivity index (χ0v) is 31.7. The molecule has 0 saturated heterocycles. The molecule has 4 fully saturated rings. The first-order valence-corrected chi connectivity index (χ1v) is 19.1. The van der Waals surface area contributed by atoms with E-state index in [9.17, 15) is 24.6 Å². The first-order chi connectivity index (χ1) is 22.2. The third-order valence-corrected chi connectivity index (χ3v) is 16.9. The number of ketones is 2. The van der Waals surface area contributed by atoms with E-state index in [-0.39, 0.29) is 51.5 Å². The lowest BCUT2D eigenvalue weighted by molar-refractivity contribution is -0.251. The van der Waals surface area contributed by atoms with Crippen molar-refractivity contribution in [3.05, 3.63) is 46.5 Å². The van der Waals surface area contributed by atoms with E-state index in [4.69, 9.17) is 11.6 Å². The lowest BCUT2D eigenvalue weighted by atomic mass is 9.28. The fraction of sp³-hybridized carbons (Fsp3) is 0.738. The van der Waals surface area contributed by atoms with Crippen molar-refractivity contribution in [2.45, 2.75) is 150 Å². The molecule has 0 radical (unpaired) electrons. The predicted octanol–water partition coefficient (Wildman–Crippen LogP) is 10.3. The molecular formula is C42H59ClO5. The molecule has 264 valence electrons. The van der Waals surface area contributed by atoms with Gasteiger partial charge in [0.05, 0.1) is 5.41 Å². The maximum absolute atomic E-state index is 14.0. The van der Waals surface area contributed by atoms with Crippen LogP contribution in [-0.4, -0.2) is 32.8 Å². The molecule has 6 rings (SSSR count). The highest BCUT2D eigenvalue weighted by Gasteiger charge is 2.76. The number of hydrogen-bond acceptors (Lipinski definition) is 4. The van der Waals surface area contributed by atoms with Crippen LogP contribution in [0.3, 0.4) is 0 Å². The predicted molar refractivity (Wildman–Crippen MR) is 191 cm³/mol. The van der Waals surface area contributed by atoms with E-state index in [1.54, 1.807) is 0 Å². The molecule has 6 heteroatoms. The number of halogens is 1. The van der Waals surface area contributed by atoms with Gasteiger partial charge in [-0.1, -0.05) is 104 Å². The van der Waals surface area contributed by atoms with Crippen molar-refractivity contribution in [1.29, 1.82) is 0 Å². The number of aliphatic carboxylic acids is 1. The number of fused-ring (bicyclic) bond motifs is 7. The summed E-state index contributed by atoms with van der Waals surface area (Å²) in [5, 5.41) is 21.4. The van der Waals surface area contributed by atoms with Gasteiger partial charge in [0.1, 0.15) is 5.06 Å². The van der Waals surface area contributed by atoms with Gasteiger partial charge in [-0.3, -0.25) is 14.4 Å². The van der Waals surface area contributed by atoms with E-state index in [0.717, 1.165) is 44.1 Å². The van der Waals surface area contributed by atoms with E-state index in [1.807, 2.05) is 26.0 Å². The Bertz CT molecular complexity index is 1590. The molecule has 0 aliphatic heterocycles. The Morgan fingerprint density at radius 1 is 0.771 bits per heavy atom. The molecule has 0 heterocycles. The van der Waals surface area contributed by atoms with Gasteiger partial charge in [-0.25, -0.2) is 0 Å². The van der Waals surface area contributed by atoms with Crippen LogP contribution in [-0.2, 0) is 10.2 Å². The second-order valence-electron chi connectivity index (χ2n) is 18.5. The molecule has 0 amide bonds. The van der Waals surface area contributed by atoms with E-state index in [1.165, 1.54) is 5.57 Å². The molecule has 0 aromatic heterocycles. The molecule has 5 aliphatic rings. The van der Waals surface area contributed by atoms with E-state index in [0.29, 0.717) is 43.2 Å². The zero-order chi connectivity index (χ0) is 35.5. The van der Waals surface area contributed by atoms with Gasteiger partial charge in [-0.2, -0.15) is 0 Å². The number of Topliss-reactive ketones (excluding diaryl/α,β-unsaturated/α-hetero) is 2. The summed E-state index contributed by atoms with van der Waals surface area (Å²) in [5.74, 6) is -0.284. The Hall–Kier alpha value is -1.98. The van der Waals surface area contributed by atoms with Crippen molar-refractivity contribution in [3.8, 4) is 0 Å². The number of benzene rings is 1. The van der Waals surface area contributed by atoms with Gasteiger partial charge in [-0.15, -0.1) is 0 Å². The summed E-state index contributed by atoms with van der Waals surface area (Å²) in [4.78, 5) is 40.6. The Balaban J connectivity index is 1.58. The van der Waals surface area contributed by atoms with Gasteiger partial charge in [0.15, 0.2) is 11.6 Å². The lowest BCUT2D eigenvalue weighted by Gasteiger charge is -2.76. The van der Waals surface area contributed by atoms with Crippen molar-refractivity contribution in [3.63, 3.8) is 0 Å². The molecule has 2 N–H and O–H groups in total. The Kier molecular flexibility index (Phi) is 8.22. The van der Waals surface area contributed by atoms with Crippen LogP contribution in [0.25, 0.3) is 0 Å². The number of rotatable bonds is 6. The largest absolute Gasteiger partial charge is 0.481 e. The first kappa shape index (κ1) is 35.8. The fourth-order valence-electron chi connectivity index (χ4n) is 13.1. The standard InChI is InChI=1S/C42H59ClO5/c1-10-30(44)26-13-12-14-28(33(26)31(45)11-2)41-23-19-38(8)32(39(41,9)20-24-42(43,48)36(41,5)6)16-15-27-29-25-35(3,4)17-21-40(29,34(46)47)22-18-37(27,38)7/h12-14,25,27,32,48H,10-11,15-24H2,1-9H3,(H,46,47)/t27-,32+,37-,38-,39-,40+,41?,42+/m1/s1. The zero-order valence-electron chi connectivity index (χ0n) is 30.9. The second kappa shape index (κ2) is 11.0. The van der Waals surface area contributed by atoms with E-state index < -0.39 is 27.3 Å². The smallest absolute Gasteiger partial charge is 0.313 e. The summed E-state index contributed by atoms with van der Waals surface area (Å²) in [7, 11) is 0. The van der Waals surface area contributed by atoms with Crippen LogP contribution in [0, 0.1) is 44.3 Å². The molecular weight excluding hydrogens is 620 g/mol. The number of alkyl halides is 1. The van der Waals surface area contributed by atoms with Gasteiger partial charge in [0.2, 0.25) is 0 Å². The molecule has 4 saturated carbocycles. The first-order valence-electron chi connectivity index (χ1n) is 18.7. The molecule has 1 aromatic carbocycles. The van der Waals surface area contributed by atoms with Crippen molar-refractivity contribution in [2.75, 3.05) is 0 Å². The lowest BCUT2D eigenvalue weighted by Crippen LogP contribution is -2.73.